The Morgan fingerprint density at radius 2 is 2.00 bits per heavy atom. The van der Waals surface area contributed by atoms with Crippen molar-refractivity contribution in [3.63, 3.8) is 0 Å². The van der Waals surface area contributed by atoms with E-state index in [1.807, 2.05) is 20.8 Å². The molecule has 31 heavy (non-hydrogen) atoms. The Bertz CT molecular complexity index is 948. The van der Waals surface area contributed by atoms with Crippen LogP contribution < -0.4 is 10.1 Å². The fraction of sp³-hybridized carbons (Fsp3) is 0.500. The minimum Gasteiger partial charge on any atom is -0.508 e. The normalized spacial score (nSPS) is 13.3. The average Bonchev–Trinajstić information content (AvgIpc) is 2.73. The van der Waals surface area contributed by atoms with E-state index < -0.39 is 0 Å². The van der Waals surface area contributed by atoms with E-state index in [1.165, 1.54) is 6.07 Å². The van der Waals surface area contributed by atoms with Crippen LogP contribution in [-0.4, -0.2) is 64.4 Å². The van der Waals surface area contributed by atoms with Crippen LogP contribution in [0.2, 0.25) is 0 Å². The first-order chi connectivity index (χ1) is 14.8. The highest BCUT2D eigenvalue weighted by Gasteiger charge is 2.28. The number of phenols is 2. The number of nitrogens with one attached hydrogen (secondary N) is 1. The van der Waals surface area contributed by atoms with Crippen molar-refractivity contribution in [3.8, 4) is 17.5 Å². The fourth-order valence-corrected chi connectivity index (χ4v) is 3.56. The molecule has 2 aromatic rings. The van der Waals surface area contributed by atoms with Gasteiger partial charge in [0.2, 0.25) is 0 Å². The highest BCUT2D eigenvalue weighted by atomic mass is 16.5. The van der Waals surface area contributed by atoms with Gasteiger partial charge in [-0.15, -0.1) is 0 Å². The van der Waals surface area contributed by atoms with Gasteiger partial charge in [-0.3, -0.25) is 4.79 Å². The number of aromatic hydroxyl groups is 2. The molecule has 1 aliphatic heterocycles. The van der Waals surface area contributed by atoms with Crippen molar-refractivity contribution >= 4 is 11.7 Å². The summed E-state index contributed by atoms with van der Waals surface area (Å²) in [4.78, 5) is 23.8. The molecule has 2 heterocycles. The van der Waals surface area contributed by atoms with E-state index >= 15 is 0 Å². The molecule has 1 aliphatic rings. The van der Waals surface area contributed by atoms with Crippen molar-refractivity contribution < 1.29 is 24.5 Å². The monoisotopic (exact) mass is 430 g/mol. The highest BCUT2D eigenvalue weighted by molar-refractivity contribution is 5.97. The van der Waals surface area contributed by atoms with Gasteiger partial charge in [-0.25, -0.2) is 0 Å². The number of rotatable bonds is 8. The molecule has 0 unspecified atom stereocenters. The number of hydrogen-bond donors (Lipinski definition) is 3. The number of aromatic nitrogens is 2. The highest BCUT2D eigenvalue weighted by Crippen LogP contribution is 2.34. The first-order valence-electron chi connectivity index (χ1n) is 10.5. The number of fused-ring (bicyclic) bond motifs is 1. The Morgan fingerprint density at radius 1 is 1.23 bits per heavy atom. The Balaban J connectivity index is 1.87. The first kappa shape index (κ1) is 22.6. The summed E-state index contributed by atoms with van der Waals surface area (Å²) < 4.78 is 10.6. The molecule has 9 heteroatoms. The molecular weight excluding hydrogens is 400 g/mol. The maximum Gasteiger partial charge on any atom is 0.318 e. The van der Waals surface area contributed by atoms with E-state index in [0.717, 1.165) is 11.3 Å². The van der Waals surface area contributed by atoms with Crippen molar-refractivity contribution in [2.24, 2.45) is 0 Å². The van der Waals surface area contributed by atoms with E-state index in [1.54, 1.807) is 18.1 Å². The SMILES string of the molecule is CCNc1nc(OCCOC)nc2c1CN(C(=O)c1cc(C(C)C)c(O)cc1O)CC2. The van der Waals surface area contributed by atoms with E-state index in [2.05, 4.69) is 15.3 Å². The number of benzene rings is 1. The molecule has 1 amide bonds. The number of methoxy groups -OCH3 is 1. The van der Waals surface area contributed by atoms with E-state index in [4.69, 9.17) is 9.47 Å². The summed E-state index contributed by atoms with van der Waals surface area (Å²) in [5.41, 5.74) is 2.46. The minimum absolute atomic E-state index is 0.0134. The molecule has 0 fully saturated rings. The zero-order valence-electron chi connectivity index (χ0n) is 18.4. The van der Waals surface area contributed by atoms with Crippen molar-refractivity contribution in [2.75, 3.05) is 38.7 Å². The zero-order chi connectivity index (χ0) is 22.5. The average molecular weight is 431 g/mol. The van der Waals surface area contributed by atoms with Gasteiger partial charge in [-0.05, 0) is 24.5 Å². The van der Waals surface area contributed by atoms with Gasteiger partial charge in [0.15, 0.2) is 0 Å². The summed E-state index contributed by atoms with van der Waals surface area (Å²) in [6.45, 7) is 8.01. The lowest BCUT2D eigenvalue weighted by atomic mass is 9.97. The van der Waals surface area contributed by atoms with Crippen LogP contribution >= 0.6 is 0 Å². The number of anilines is 1. The molecule has 3 N–H and O–H groups in total. The number of nitrogens with zero attached hydrogens (tertiary/aromatic N) is 3. The quantitative estimate of drug-likeness (QED) is 0.547. The smallest absolute Gasteiger partial charge is 0.318 e. The number of carbonyl (C=O) groups excluding carboxylic acids is 1. The molecule has 1 aromatic carbocycles. The van der Waals surface area contributed by atoms with Crippen LogP contribution in [0.5, 0.6) is 17.5 Å². The third kappa shape index (κ3) is 4.99. The van der Waals surface area contributed by atoms with Crippen LogP contribution in [0.25, 0.3) is 0 Å². The Hall–Kier alpha value is -3.07. The summed E-state index contributed by atoms with van der Waals surface area (Å²) in [5, 5.41) is 23.6. The van der Waals surface area contributed by atoms with E-state index in [0.29, 0.717) is 50.7 Å². The summed E-state index contributed by atoms with van der Waals surface area (Å²) in [7, 11) is 1.60. The molecule has 0 radical (unpaired) electrons. The maximum absolute atomic E-state index is 13.2. The number of ether oxygens (including phenoxy) is 2. The minimum atomic E-state index is -0.298. The zero-order valence-corrected chi connectivity index (χ0v) is 18.4. The van der Waals surface area contributed by atoms with Gasteiger partial charge in [-0.1, -0.05) is 13.8 Å². The molecule has 0 atom stereocenters. The largest absolute Gasteiger partial charge is 0.508 e. The fourth-order valence-electron chi connectivity index (χ4n) is 3.56. The standard InChI is InChI=1S/C22H30N4O5/c1-5-23-20-16-12-26(7-6-17(16)24-22(25-20)31-9-8-30-4)21(29)15-10-14(13(2)3)18(27)11-19(15)28/h10-11,13,27-28H,5-9,12H2,1-4H3,(H,23,24,25). The second kappa shape index (κ2) is 9.82. The molecule has 168 valence electrons. The molecule has 0 bridgehead atoms. The van der Waals surface area contributed by atoms with Crippen molar-refractivity contribution in [2.45, 2.75) is 39.7 Å². The number of carbonyl (C=O) groups is 1. The van der Waals surface area contributed by atoms with Gasteiger partial charge in [-0.2, -0.15) is 9.97 Å². The third-order valence-electron chi connectivity index (χ3n) is 5.19. The first-order valence-corrected chi connectivity index (χ1v) is 10.5. The number of phenolic OH excluding ortho intramolecular Hbond substituents is 2. The van der Waals surface area contributed by atoms with Crippen molar-refractivity contribution in [3.05, 3.63) is 34.5 Å². The van der Waals surface area contributed by atoms with Crippen LogP contribution in [0, 0.1) is 0 Å². The predicted molar refractivity (Wildman–Crippen MR) is 116 cm³/mol. The van der Waals surface area contributed by atoms with Gasteiger partial charge in [0.25, 0.3) is 5.91 Å². The summed E-state index contributed by atoms with van der Waals surface area (Å²) in [5.74, 6) is 0.0993. The molecule has 9 nitrogen and oxygen atoms in total. The molecule has 1 aromatic heterocycles. The second-order valence-electron chi connectivity index (χ2n) is 7.71. The molecule has 0 saturated carbocycles. The predicted octanol–water partition coefficient (Wildman–Crippen LogP) is 2.67. The second-order valence-corrected chi connectivity index (χ2v) is 7.71. The third-order valence-corrected chi connectivity index (χ3v) is 5.19. The van der Waals surface area contributed by atoms with Crippen LogP contribution in [0.3, 0.4) is 0 Å². The Kier molecular flexibility index (Phi) is 7.17. The maximum atomic E-state index is 13.2. The molecule has 3 rings (SSSR count). The van der Waals surface area contributed by atoms with Crippen molar-refractivity contribution in [1.29, 1.82) is 0 Å². The topological polar surface area (TPSA) is 117 Å². The van der Waals surface area contributed by atoms with Gasteiger partial charge in [0.1, 0.15) is 23.9 Å². The number of hydrogen-bond acceptors (Lipinski definition) is 8. The summed E-state index contributed by atoms with van der Waals surface area (Å²) >= 11 is 0. The van der Waals surface area contributed by atoms with E-state index in [-0.39, 0.29) is 34.9 Å². The summed E-state index contributed by atoms with van der Waals surface area (Å²) in [6.07, 6.45) is 0.540. The summed E-state index contributed by atoms with van der Waals surface area (Å²) in [6, 6.07) is 3.09. The lowest BCUT2D eigenvalue weighted by molar-refractivity contribution is 0.0730. The van der Waals surface area contributed by atoms with Crippen LogP contribution in [0.15, 0.2) is 12.1 Å². The Labute approximate surface area is 182 Å². The van der Waals surface area contributed by atoms with Crippen LogP contribution in [0.4, 0.5) is 5.82 Å². The van der Waals surface area contributed by atoms with Gasteiger partial charge in [0.05, 0.1) is 24.4 Å². The lowest BCUT2D eigenvalue weighted by Crippen LogP contribution is -2.37. The Morgan fingerprint density at radius 3 is 2.68 bits per heavy atom. The van der Waals surface area contributed by atoms with Crippen LogP contribution in [-0.2, 0) is 17.7 Å². The molecule has 0 saturated heterocycles. The van der Waals surface area contributed by atoms with E-state index in [9.17, 15) is 15.0 Å². The lowest BCUT2D eigenvalue weighted by Gasteiger charge is -2.30. The van der Waals surface area contributed by atoms with Gasteiger partial charge >= 0.3 is 6.01 Å². The molecule has 0 aliphatic carbocycles. The van der Waals surface area contributed by atoms with Crippen molar-refractivity contribution in [1.82, 2.24) is 14.9 Å². The molecular formula is C22H30N4O5. The van der Waals surface area contributed by atoms with Crippen LogP contribution in [0.1, 0.15) is 53.9 Å². The van der Waals surface area contributed by atoms with Gasteiger partial charge in [0, 0.05) is 38.2 Å². The van der Waals surface area contributed by atoms with Gasteiger partial charge < -0.3 is 29.9 Å². The molecule has 0 spiro atoms. The number of amides is 1.